The summed E-state index contributed by atoms with van der Waals surface area (Å²) in [6, 6.07) is 7.47. The molecular weight excluding hydrogens is 276 g/mol. The quantitative estimate of drug-likeness (QED) is 0.801. The number of hydrogen-bond acceptors (Lipinski definition) is 4. The van der Waals surface area contributed by atoms with Crippen LogP contribution < -0.4 is 0 Å². The van der Waals surface area contributed by atoms with Crippen LogP contribution in [-0.2, 0) is 6.42 Å². The van der Waals surface area contributed by atoms with Crippen molar-refractivity contribution in [2.24, 2.45) is 0 Å². The molecule has 5 nitrogen and oxygen atoms in total. The highest BCUT2D eigenvalue weighted by atomic mass is 35.5. The van der Waals surface area contributed by atoms with E-state index in [1.807, 2.05) is 30.5 Å². The molecule has 2 heterocycles. The van der Waals surface area contributed by atoms with Gasteiger partial charge in [-0.2, -0.15) is 0 Å². The summed E-state index contributed by atoms with van der Waals surface area (Å²) < 4.78 is 1.73. The molecule has 0 unspecified atom stereocenters. The smallest absolute Gasteiger partial charge is 0.0832 e. The first kappa shape index (κ1) is 13.0. The van der Waals surface area contributed by atoms with E-state index >= 15 is 0 Å². The average Bonchev–Trinajstić information content (AvgIpc) is 2.92. The number of pyridine rings is 1. The van der Waals surface area contributed by atoms with Gasteiger partial charge in [0.15, 0.2) is 0 Å². The molecule has 0 aliphatic heterocycles. The normalized spacial score (nSPS) is 11.1. The van der Waals surface area contributed by atoms with Crippen LogP contribution in [0.1, 0.15) is 12.1 Å². The minimum atomic E-state index is 0.156. The minimum Gasteiger partial charge on any atom is -0.396 e. The van der Waals surface area contributed by atoms with E-state index in [9.17, 15) is 0 Å². The zero-order chi connectivity index (χ0) is 13.9. The second-order valence-corrected chi connectivity index (χ2v) is 4.91. The largest absolute Gasteiger partial charge is 0.396 e. The molecule has 0 radical (unpaired) electrons. The van der Waals surface area contributed by atoms with Crippen molar-refractivity contribution < 1.29 is 5.11 Å². The van der Waals surface area contributed by atoms with Gasteiger partial charge in [0, 0.05) is 23.2 Å². The summed E-state index contributed by atoms with van der Waals surface area (Å²) in [6.45, 7) is 0.156. The molecule has 0 aliphatic carbocycles. The molecule has 0 atom stereocenters. The molecule has 0 saturated carbocycles. The van der Waals surface area contributed by atoms with Crippen LogP contribution in [0.15, 0.2) is 36.7 Å². The van der Waals surface area contributed by atoms with Crippen LogP contribution in [0.5, 0.6) is 0 Å². The number of aliphatic hydroxyl groups is 1. The Hall–Kier alpha value is -1.98. The number of aryl methyl sites for hydroxylation is 1. The first-order valence-corrected chi connectivity index (χ1v) is 6.72. The molecule has 3 aromatic rings. The van der Waals surface area contributed by atoms with Crippen LogP contribution in [0, 0.1) is 0 Å². The van der Waals surface area contributed by atoms with Crippen molar-refractivity contribution in [3.05, 3.63) is 47.4 Å². The third kappa shape index (κ3) is 2.50. The summed E-state index contributed by atoms with van der Waals surface area (Å²) >= 11 is 5.98. The van der Waals surface area contributed by atoms with Crippen molar-refractivity contribution >= 4 is 22.5 Å². The van der Waals surface area contributed by atoms with Crippen LogP contribution >= 0.6 is 11.6 Å². The first-order valence-electron chi connectivity index (χ1n) is 6.34. The Morgan fingerprint density at radius 2 is 2.15 bits per heavy atom. The fraction of sp³-hybridized carbons (Fsp3) is 0.214. The third-order valence-corrected chi connectivity index (χ3v) is 3.30. The van der Waals surface area contributed by atoms with Gasteiger partial charge in [0.2, 0.25) is 0 Å². The minimum absolute atomic E-state index is 0.156. The number of halogens is 1. The Kier molecular flexibility index (Phi) is 3.62. The lowest BCUT2D eigenvalue weighted by atomic mass is 10.2. The van der Waals surface area contributed by atoms with Crippen molar-refractivity contribution in [3.8, 4) is 5.69 Å². The number of aromatic nitrogens is 4. The van der Waals surface area contributed by atoms with Gasteiger partial charge < -0.3 is 5.11 Å². The monoisotopic (exact) mass is 288 g/mol. The highest BCUT2D eigenvalue weighted by Gasteiger charge is 2.07. The van der Waals surface area contributed by atoms with Crippen molar-refractivity contribution in [2.45, 2.75) is 12.8 Å². The summed E-state index contributed by atoms with van der Waals surface area (Å²) in [6.07, 6.45) is 5.00. The highest BCUT2D eigenvalue weighted by Crippen LogP contribution is 2.23. The molecule has 3 rings (SSSR count). The number of hydrogen-bond donors (Lipinski definition) is 1. The van der Waals surface area contributed by atoms with E-state index in [-0.39, 0.29) is 6.61 Å². The zero-order valence-electron chi connectivity index (χ0n) is 10.7. The van der Waals surface area contributed by atoms with E-state index in [2.05, 4.69) is 15.3 Å². The van der Waals surface area contributed by atoms with Crippen molar-refractivity contribution in [3.63, 3.8) is 0 Å². The predicted molar refractivity (Wildman–Crippen MR) is 77.1 cm³/mol. The Morgan fingerprint density at radius 3 is 3.00 bits per heavy atom. The van der Waals surface area contributed by atoms with Crippen LogP contribution in [0.2, 0.25) is 5.02 Å². The molecule has 0 saturated heterocycles. The fourth-order valence-corrected chi connectivity index (χ4v) is 2.26. The maximum absolute atomic E-state index is 8.84. The summed E-state index contributed by atoms with van der Waals surface area (Å²) in [7, 11) is 0. The maximum Gasteiger partial charge on any atom is 0.0832 e. The van der Waals surface area contributed by atoms with Crippen LogP contribution in [0.25, 0.3) is 16.6 Å². The SMILES string of the molecule is OCCCc1cn(-c2ccnc3cc(Cl)ccc23)nn1. The third-order valence-electron chi connectivity index (χ3n) is 3.06. The molecule has 0 spiro atoms. The molecular formula is C14H13ClN4O. The first-order chi connectivity index (χ1) is 9.78. The molecule has 0 aliphatic rings. The lowest BCUT2D eigenvalue weighted by Crippen LogP contribution is -1.97. The van der Waals surface area contributed by atoms with Crippen LogP contribution in [-0.4, -0.2) is 31.7 Å². The Labute approximate surface area is 120 Å². The lowest BCUT2D eigenvalue weighted by molar-refractivity contribution is 0.288. The number of aliphatic hydroxyl groups excluding tert-OH is 1. The molecule has 0 amide bonds. The molecule has 0 bridgehead atoms. The maximum atomic E-state index is 8.84. The van der Waals surface area contributed by atoms with Crippen molar-refractivity contribution in [2.75, 3.05) is 6.61 Å². The summed E-state index contributed by atoms with van der Waals surface area (Å²) in [4.78, 5) is 4.31. The Bertz CT molecular complexity index is 741. The van der Waals surface area contributed by atoms with Crippen molar-refractivity contribution in [1.29, 1.82) is 0 Å². The van der Waals surface area contributed by atoms with E-state index in [0.29, 0.717) is 17.9 Å². The molecule has 6 heteroatoms. The van der Waals surface area contributed by atoms with Gasteiger partial charge >= 0.3 is 0 Å². The zero-order valence-corrected chi connectivity index (χ0v) is 11.5. The van der Waals surface area contributed by atoms with Gasteiger partial charge in [0.25, 0.3) is 0 Å². The van der Waals surface area contributed by atoms with Gasteiger partial charge in [0.1, 0.15) is 0 Å². The van der Waals surface area contributed by atoms with Gasteiger partial charge in [-0.05, 0) is 37.1 Å². The van der Waals surface area contributed by atoms with Gasteiger partial charge in [-0.3, -0.25) is 4.98 Å². The van der Waals surface area contributed by atoms with E-state index in [1.54, 1.807) is 10.9 Å². The molecule has 1 N–H and O–H groups in total. The van der Waals surface area contributed by atoms with E-state index in [0.717, 1.165) is 22.3 Å². The number of rotatable bonds is 4. The van der Waals surface area contributed by atoms with Crippen LogP contribution in [0.3, 0.4) is 0 Å². The molecule has 1 aromatic carbocycles. The Morgan fingerprint density at radius 1 is 1.25 bits per heavy atom. The predicted octanol–water partition coefficient (Wildman–Crippen LogP) is 2.39. The molecule has 102 valence electrons. The van der Waals surface area contributed by atoms with Gasteiger partial charge in [-0.25, -0.2) is 4.68 Å². The van der Waals surface area contributed by atoms with Crippen molar-refractivity contribution in [1.82, 2.24) is 20.0 Å². The van der Waals surface area contributed by atoms with Crippen LogP contribution in [0.4, 0.5) is 0 Å². The van der Waals surface area contributed by atoms with Gasteiger partial charge in [-0.1, -0.05) is 16.8 Å². The standard InChI is InChI=1S/C14H13ClN4O/c15-10-3-4-12-13(8-10)16-6-5-14(12)19-9-11(17-18-19)2-1-7-20/h3-6,8-9,20H,1-2,7H2. The van der Waals surface area contributed by atoms with Gasteiger partial charge in [-0.15, -0.1) is 5.10 Å². The second kappa shape index (κ2) is 5.56. The number of fused-ring (bicyclic) bond motifs is 1. The van der Waals surface area contributed by atoms with E-state index in [1.165, 1.54) is 0 Å². The second-order valence-electron chi connectivity index (χ2n) is 4.47. The van der Waals surface area contributed by atoms with Gasteiger partial charge in [0.05, 0.1) is 23.1 Å². The Balaban J connectivity index is 2.03. The molecule has 20 heavy (non-hydrogen) atoms. The molecule has 2 aromatic heterocycles. The number of nitrogens with zero attached hydrogens (tertiary/aromatic N) is 4. The number of benzene rings is 1. The van der Waals surface area contributed by atoms with E-state index < -0.39 is 0 Å². The highest BCUT2D eigenvalue weighted by molar-refractivity contribution is 6.31. The summed E-state index contributed by atoms with van der Waals surface area (Å²) in [5.41, 5.74) is 2.59. The van der Waals surface area contributed by atoms with E-state index in [4.69, 9.17) is 16.7 Å². The topological polar surface area (TPSA) is 63.8 Å². The lowest BCUT2D eigenvalue weighted by Gasteiger charge is -2.05. The fourth-order valence-electron chi connectivity index (χ4n) is 2.10. The summed E-state index contributed by atoms with van der Waals surface area (Å²) in [5.74, 6) is 0. The average molecular weight is 289 g/mol. The summed E-state index contributed by atoms with van der Waals surface area (Å²) in [5, 5.41) is 18.7. The molecule has 0 fully saturated rings.